The molecule has 0 saturated heterocycles. The molecule has 9 heteroatoms. The molecule has 2 aromatic heterocycles. The van der Waals surface area contributed by atoms with E-state index in [2.05, 4.69) is 31.4 Å². The van der Waals surface area contributed by atoms with Crippen molar-refractivity contribution in [1.29, 1.82) is 0 Å². The molecule has 0 bridgehead atoms. The lowest BCUT2D eigenvalue weighted by atomic mass is 10.1. The minimum Gasteiger partial charge on any atom is -0.610 e. The number of carbonyl (C=O) groups excluding carboxylic acids is 1. The van der Waals surface area contributed by atoms with E-state index in [1.54, 1.807) is 25.1 Å². The maximum atomic E-state index is 13.3. The van der Waals surface area contributed by atoms with Crippen LogP contribution in [-0.2, 0) is 16.9 Å². The average molecular weight is 519 g/mol. The van der Waals surface area contributed by atoms with E-state index < -0.39 is 11.2 Å². The lowest BCUT2D eigenvalue weighted by Gasteiger charge is -2.19. The summed E-state index contributed by atoms with van der Waals surface area (Å²) in [5, 5.41) is 8.37. The van der Waals surface area contributed by atoms with Gasteiger partial charge in [-0.05, 0) is 54.0 Å². The highest BCUT2D eigenvalue weighted by molar-refractivity contribution is 9.10. The van der Waals surface area contributed by atoms with Crippen molar-refractivity contribution < 1.29 is 13.9 Å². The highest BCUT2D eigenvalue weighted by atomic mass is 79.9. The van der Waals surface area contributed by atoms with Gasteiger partial charge in [-0.3, -0.25) is 4.79 Å². The van der Waals surface area contributed by atoms with Crippen molar-refractivity contribution in [2.75, 3.05) is 5.32 Å². The average Bonchev–Trinajstić information content (AvgIpc) is 3.15. The summed E-state index contributed by atoms with van der Waals surface area (Å²) in [6.07, 6.45) is 0. The van der Waals surface area contributed by atoms with Crippen LogP contribution in [0.1, 0.15) is 28.7 Å². The highest BCUT2D eigenvalue weighted by Gasteiger charge is 2.29. The molecule has 158 valence electrons. The van der Waals surface area contributed by atoms with Gasteiger partial charge in [0.25, 0.3) is 5.03 Å². The lowest BCUT2D eigenvalue weighted by molar-refractivity contribution is 0.101. The van der Waals surface area contributed by atoms with Crippen molar-refractivity contribution in [3.05, 3.63) is 75.0 Å². The number of pyridine rings is 1. The Labute approximate surface area is 195 Å². The largest absolute Gasteiger partial charge is 0.610 e. The number of nitrogens with one attached hydrogen (secondary N) is 1. The quantitative estimate of drug-likeness (QED) is 0.241. The van der Waals surface area contributed by atoms with Crippen LogP contribution in [0, 0.1) is 6.92 Å². The summed E-state index contributed by atoms with van der Waals surface area (Å²) in [6.45, 7) is 3.18. The summed E-state index contributed by atoms with van der Waals surface area (Å²) in [7, 11) is 0. The van der Waals surface area contributed by atoms with Gasteiger partial charge in [0.15, 0.2) is 11.5 Å². The molecule has 2 heterocycles. The number of ketones is 1. The van der Waals surface area contributed by atoms with E-state index in [0.717, 1.165) is 5.69 Å². The fourth-order valence-corrected chi connectivity index (χ4v) is 5.12. The van der Waals surface area contributed by atoms with Gasteiger partial charge < -0.3 is 14.4 Å². The summed E-state index contributed by atoms with van der Waals surface area (Å²) in [5.74, 6) is 0.411. The van der Waals surface area contributed by atoms with Crippen LogP contribution in [0.15, 0.2) is 62.6 Å². The third-order valence-electron chi connectivity index (χ3n) is 4.57. The van der Waals surface area contributed by atoms with Crippen LogP contribution in [0.25, 0.3) is 10.9 Å². The molecule has 0 aliphatic heterocycles. The SMILES string of the molecule is CC(=O)c1c([S+]([O-])Cc2cc(C)on2)nc2c(Br)ccc(Cl)c2c1Nc1ccccc1. The molecule has 4 aromatic rings. The molecule has 2 aromatic carbocycles. The Hall–Kier alpha value is -2.39. The molecular weight excluding hydrogens is 502 g/mol. The van der Waals surface area contributed by atoms with Gasteiger partial charge >= 0.3 is 0 Å². The topological polar surface area (TPSA) is 91.1 Å². The van der Waals surface area contributed by atoms with E-state index in [-0.39, 0.29) is 22.1 Å². The number of para-hydroxylation sites is 1. The number of carbonyl (C=O) groups is 1. The Balaban J connectivity index is 1.96. The van der Waals surface area contributed by atoms with Gasteiger partial charge in [-0.25, -0.2) is 0 Å². The summed E-state index contributed by atoms with van der Waals surface area (Å²) in [4.78, 5) is 17.4. The molecule has 0 aliphatic rings. The molecule has 0 amide bonds. The summed E-state index contributed by atoms with van der Waals surface area (Å²) in [6, 6.07) is 14.6. The monoisotopic (exact) mass is 517 g/mol. The first-order valence-corrected chi connectivity index (χ1v) is 11.8. The third-order valence-corrected chi connectivity index (χ3v) is 6.81. The summed E-state index contributed by atoms with van der Waals surface area (Å²) < 4.78 is 19.1. The first-order valence-electron chi connectivity index (χ1n) is 9.30. The highest BCUT2D eigenvalue weighted by Crippen LogP contribution is 2.40. The van der Waals surface area contributed by atoms with E-state index in [1.807, 2.05) is 30.3 Å². The zero-order valence-electron chi connectivity index (χ0n) is 16.6. The van der Waals surface area contributed by atoms with E-state index in [9.17, 15) is 9.35 Å². The molecule has 0 saturated carbocycles. The van der Waals surface area contributed by atoms with Crippen LogP contribution in [0.4, 0.5) is 11.4 Å². The number of nitrogens with zero attached hydrogens (tertiary/aromatic N) is 2. The van der Waals surface area contributed by atoms with E-state index in [0.29, 0.717) is 37.5 Å². The molecule has 1 atom stereocenters. The number of hydrogen-bond donors (Lipinski definition) is 1. The van der Waals surface area contributed by atoms with E-state index >= 15 is 0 Å². The number of hydrogen-bond acceptors (Lipinski definition) is 6. The molecule has 31 heavy (non-hydrogen) atoms. The number of aromatic nitrogens is 2. The van der Waals surface area contributed by atoms with Gasteiger partial charge in [-0.2, -0.15) is 4.98 Å². The van der Waals surface area contributed by atoms with Gasteiger partial charge in [-0.1, -0.05) is 35.0 Å². The van der Waals surface area contributed by atoms with Crippen molar-refractivity contribution in [3.8, 4) is 0 Å². The molecule has 0 radical (unpaired) electrons. The second-order valence-electron chi connectivity index (χ2n) is 6.89. The second-order valence-corrected chi connectivity index (χ2v) is 9.51. The number of rotatable bonds is 6. The smallest absolute Gasteiger partial charge is 0.258 e. The molecule has 0 spiro atoms. The van der Waals surface area contributed by atoms with Crippen molar-refractivity contribution in [2.45, 2.75) is 24.6 Å². The molecule has 1 N–H and O–H groups in total. The van der Waals surface area contributed by atoms with Crippen LogP contribution in [-0.4, -0.2) is 20.5 Å². The predicted octanol–water partition coefficient (Wildman–Crippen LogP) is 6.20. The van der Waals surface area contributed by atoms with Crippen molar-refractivity contribution >= 4 is 66.8 Å². The van der Waals surface area contributed by atoms with Crippen molar-refractivity contribution in [3.63, 3.8) is 0 Å². The fraction of sp³-hybridized carbons (Fsp3) is 0.136. The minimum absolute atomic E-state index is 0.0685. The Bertz CT molecular complexity index is 1280. The number of Topliss-reactive ketones (excluding diaryl/α,β-unsaturated/α-hetero) is 1. The minimum atomic E-state index is -1.65. The Morgan fingerprint density at radius 1 is 1.26 bits per heavy atom. The van der Waals surface area contributed by atoms with Crippen LogP contribution in [0.5, 0.6) is 0 Å². The van der Waals surface area contributed by atoms with Crippen LogP contribution in [0.3, 0.4) is 0 Å². The third kappa shape index (κ3) is 4.48. The van der Waals surface area contributed by atoms with Crippen LogP contribution in [0.2, 0.25) is 5.02 Å². The molecule has 0 fully saturated rings. The predicted molar refractivity (Wildman–Crippen MR) is 126 cm³/mol. The number of anilines is 2. The summed E-state index contributed by atoms with van der Waals surface area (Å²) >= 11 is 8.39. The van der Waals surface area contributed by atoms with Crippen LogP contribution >= 0.6 is 27.5 Å². The second kappa shape index (κ2) is 9.00. The zero-order valence-corrected chi connectivity index (χ0v) is 19.8. The number of fused-ring (bicyclic) bond motifs is 1. The van der Waals surface area contributed by atoms with Gasteiger partial charge in [0.1, 0.15) is 17.0 Å². The Kier molecular flexibility index (Phi) is 6.34. The molecule has 1 unspecified atom stereocenters. The standard InChI is InChI=1S/C22H17BrClN3O3S/c1-12-10-15(27-30-12)11-31(29)22-18(13(2)28)21(25-14-6-4-3-5-7-14)19-17(24)9-8-16(23)20(19)26-22/h3-10H,11H2,1-2H3,(H,25,26). The molecular formula is C22H17BrClN3O3S. The fourth-order valence-electron chi connectivity index (χ4n) is 3.25. The Morgan fingerprint density at radius 2 is 2.00 bits per heavy atom. The lowest BCUT2D eigenvalue weighted by Crippen LogP contribution is -2.15. The number of halogens is 2. The normalized spacial score (nSPS) is 12.2. The van der Waals surface area contributed by atoms with Gasteiger partial charge in [0.2, 0.25) is 0 Å². The van der Waals surface area contributed by atoms with Crippen molar-refractivity contribution in [2.24, 2.45) is 0 Å². The first kappa shape index (κ1) is 21.8. The van der Waals surface area contributed by atoms with Gasteiger partial charge in [-0.15, -0.1) is 0 Å². The number of benzene rings is 2. The Morgan fingerprint density at radius 3 is 2.65 bits per heavy atom. The molecule has 6 nitrogen and oxygen atoms in total. The maximum absolute atomic E-state index is 13.3. The van der Waals surface area contributed by atoms with E-state index in [4.69, 9.17) is 16.1 Å². The molecule has 0 aliphatic carbocycles. The number of aryl methyl sites for hydroxylation is 1. The maximum Gasteiger partial charge on any atom is 0.258 e. The van der Waals surface area contributed by atoms with Crippen molar-refractivity contribution in [1.82, 2.24) is 10.1 Å². The van der Waals surface area contributed by atoms with Gasteiger partial charge in [0, 0.05) is 32.8 Å². The van der Waals surface area contributed by atoms with E-state index in [1.165, 1.54) is 6.92 Å². The first-order chi connectivity index (χ1) is 14.8. The molecule has 4 rings (SSSR count). The van der Waals surface area contributed by atoms with Gasteiger partial charge in [0.05, 0.1) is 16.2 Å². The van der Waals surface area contributed by atoms with Crippen LogP contribution < -0.4 is 5.32 Å². The summed E-state index contributed by atoms with van der Waals surface area (Å²) in [5.41, 5.74) is 2.49. The zero-order chi connectivity index (χ0) is 22.1.